The van der Waals surface area contributed by atoms with E-state index in [1.807, 2.05) is 42.1 Å². The molecule has 120 valence electrons. The Morgan fingerprint density at radius 1 is 0.958 bits per heavy atom. The zero-order valence-corrected chi connectivity index (χ0v) is 15.1. The molecule has 0 bridgehead atoms. The van der Waals surface area contributed by atoms with E-state index in [0.717, 1.165) is 12.0 Å². The first kappa shape index (κ1) is 16.6. The lowest BCUT2D eigenvalue weighted by atomic mass is 10.0. The largest absolute Gasteiger partial charge is 1.00 e. The fourth-order valence-corrected chi connectivity index (χ4v) is 3.21. The van der Waals surface area contributed by atoms with Crippen LogP contribution in [0.25, 0.3) is 11.1 Å². The maximum Gasteiger partial charge on any atom is 0.227 e. The normalized spacial score (nSPS) is 11.4. The fourth-order valence-electron chi connectivity index (χ4n) is 3.21. The molecule has 1 aliphatic carbocycles. The number of Topliss-reactive ketones (excluding diaryl/α,β-unsaturated/α-hetero) is 1. The van der Waals surface area contributed by atoms with Gasteiger partial charge in [0.15, 0.2) is 12.4 Å². The minimum absolute atomic E-state index is 0. The monoisotopic (exact) mass is 379 g/mol. The summed E-state index contributed by atoms with van der Waals surface area (Å²) in [4.78, 5) is 12.6. The number of halogens is 1. The Kier molecular flexibility index (Phi) is 4.63. The molecule has 2 aromatic carbocycles. The lowest BCUT2D eigenvalue weighted by molar-refractivity contribution is -0.683. The third-order valence-corrected chi connectivity index (χ3v) is 4.50. The first-order valence-electron chi connectivity index (χ1n) is 7.91. The quantitative estimate of drug-likeness (QED) is 0.380. The number of nitrogens with zero attached hydrogens (tertiary/aromatic N) is 1. The molecule has 2 nitrogen and oxygen atoms in total. The number of benzene rings is 2. The molecule has 4 rings (SSSR count). The van der Waals surface area contributed by atoms with E-state index in [1.165, 1.54) is 27.8 Å². The van der Waals surface area contributed by atoms with E-state index in [-0.39, 0.29) is 22.8 Å². The number of ketones is 1. The second-order valence-electron chi connectivity index (χ2n) is 6.18. The van der Waals surface area contributed by atoms with Gasteiger partial charge in [0, 0.05) is 17.7 Å². The molecular formula is C21H18BrNO. The summed E-state index contributed by atoms with van der Waals surface area (Å²) in [5.41, 5.74) is 7.16. The molecule has 24 heavy (non-hydrogen) atoms. The van der Waals surface area contributed by atoms with Crippen molar-refractivity contribution in [3.63, 3.8) is 0 Å². The van der Waals surface area contributed by atoms with E-state index in [1.54, 1.807) is 0 Å². The Morgan fingerprint density at radius 3 is 2.46 bits per heavy atom. The van der Waals surface area contributed by atoms with Gasteiger partial charge in [-0.2, -0.15) is 4.57 Å². The van der Waals surface area contributed by atoms with Crippen LogP contribution >= 0.6 is 0 Å². The first-order valence-corrected chi connectivity index (χ1v) is 7.91. The number of hydrogen-bond acceptors (Lipinski definition) is 1. The van der Waals surface area contributed by atoms with Crippen molar-refractivity contribution < 1.29 is 26.3 Å². The smallest absolute Gasteiger partial charge is 0.227 e. The highest BCUT2D eigenvalue weighted by atomic mass is 79.9. The molecular weight excluding hydrogens is 362 g/mol. The Bertz CT molecular complexity index is 900. The van der Waals surface area contributed by atoms with Gasteiger partial charge in [-0.25, -0.2) is 0 Å². The van der Waals surface area contributed by atoms with Gasteiger partial charge in [-0.1, -0.05) is 36.4 Å². The summed E-state index contributed by atoms with van der Waals surface area (Å²) in [6.45, 7) is 2.43. The summed E-state index contributed by atoms with van der Waals surface area (Å²) in [5, 5.41) is 0. The second kappa shape index (κ2) is 6.70. The van der Waals surface area contributed by atoms with Gasteiger partial charge >= 0.3 is 0 Å². The molecule has 0 fully saturated rings. The highest BCUT2D eigenvalue weighted by Gasteiger charge is 2.20. The molecule has 0 amide bonds. The predicted octanol–water partition coefficient (Wildman–Crippen LogP) is 0.741. The van der Waals surface area contributed by atoms with Gasteiger partial charge < -0.3 is 17.0 Å². The fraction of sp³-hybridized carbons (Fsp3) is 0.143. The molecule has 3 heteroatoms. The van der Waals surface area contributed by atoms with Crippen LogP contribution in [0.3, 0.4) is 0 Å². The molecule has 0 radical (unpaired) electrons. The molecule has 1 aromatic heterocycles. The number of fused-ring (bicyclic) bond motifs is 3. The molecule has 0 saturated carbocycles. The highest BCUT2D eigenvalue weighted by Crippen LogP contribution is 2.36. The Balaban J connectivity index is 0.00000169. The lowest BCUT2D eigenvalue weighted by Crippen LogP contribution is -3.00. The van der Waals surface area contributed by atoms with Gasteiger partial charge in [0.2, 0.25) is 12.3 Å². The average molecular weight is 380 g/mol. The zero-order valence-electron chi connectivity index (χ0n) is 13.5. The van der Waals surface area contributed by atoms with Crippen molar-refractivity contribution in [1.29, 1.82) is 0 Å². The topological polar surface area (TPSA) is 20.9 Å². The van der Waals surface area contributed by atoms with Crippen molar-refractivity contribution in [3.05, 3.63) is 89.2 Å². The van der Waals surface area contributed by atoms with Crippen LogP contribution < -0.4 is 21.5 Å². The van der Waals surface area contributed by atoms with Crippen LogP contribution in [0.15, 0.2) is 67.0 Å². The van der Waals surface area contributed by atoms with E-state index in [2.05, 4.69) is 36.4 Å². The van der Waals surface area contributed by atoms with Gasteiger partial charge in [-0.05, 0) is 47.2 Å². The highest BCUT2D eigenvalue weighted by molar-refractivity contribution is 5.96. The van der Waals surface area contributed by atoms with Crippen molar-refractivity contribution in [2.24, 2.45) is 0 Å². The van der Waals surface area contributed by atoms with Crippen LogP contribution in [0.2, 0.25) is 0 Å². The van der Waals surface area contributed by atoms with E-state index >= 15 is 0 Å². The van der Waals surface area contributed by atoms with Gasteiger partial charge in [-0.3, -0.25) is 4.79 Å². The summed E-state index contributed by atoms with van der Waals surface area (Å²) in [6.07, 6.45) is 4.83. The Morgan fingerprint density at radius 2 is 1.67 bits per heavy atom. The van der Waals surface area contributed by atoms with Crippen LogP contribution in [0.1, 0.15) is 27.0 Å². The van der Waals surface area contributed by atoms with Gasteiger partial charge in [0.25, 0.3) is 0 Å². The maximum atomic E-state index is 12.6. The molecule has 0 aliphatic heterocycles. The Labute approximate surface area is 152 Å². The molecule has 0 spiro atoms. The SMILES string of the molecule is Cc1cc[n+](CC(=O)c2ccc3c(c2)Cc2ccccc2-3)cc1.[Br-]. The Hall–Kier alpha value is -2.26. The summed E-state index contributed by atoms with van der Waals surface area (Å²) in [5.74, 6) is 0.151. The summed E-state index contributed by atoms with van der Waals surface area (Å²) >= 11 is 0. The van der Waals surface area contributed by atoms with Crippen LogP contribution in [-0.4, -0.2) is 5.78 Å². The minimum atomic E-state index is 0. The standard InChI is InChI=1S/C21H18NO.BrH/c1-15-8-10-22(11-9-15)14-21(23)17-6-7-20-18(13-17)12-16-4-2-3-5-19(16)20;/h2-11,13H,12,14H2,1H3;1H/q+1;/p-1. The summed E-state index contributed by atoms with van der Waals surface area (Å²) in [7, 11) is 0. The van der Waals surface area contributed by atoms with Gasteiger partial charge in [0.05, 0.1) is 0 Å². The van der Waals surface area contributed by atoms with Crippen molar-refractivity contribution in [3.8, 4) is 11.1 Å². The summed E-state index contributed by atoms with van der Waals surface area (Å²) in [6, 6.07) is 18.6. The van der Waals surface area contributed by atoms with Crippen LogP contribution in [0.5, 0.6) is 0 Å². The van der Waals surface area contributed by atoms with Gasteiger partial charge in [0.1, 0.15) is 0 Å². The van der Waals surface area contributed by atoms with E-state index in [9.17, 15) is 4.79 Å². The number of aryl methyl sites for hydroxylation is 1. The molecule has 0 atom stereocenters. The van der Waals surface area contributed by atoms with E-state index in [4.69, 9.17) is 0 Å². The number of carbonyl (C=O) groups excluding carboxylic acids is 1. The molecule has 1 aliphatic rings. The number of rotatable bonds is 3. The van der Waals surface area contributed by atoms with Gasteiger partial charge in [-0.15, -0.1) is 0 Å². The molecule has 0 N–H and O–H groups in total. The van der Waals surface area contributed by atoms with Crippen LogP contribution in [-0.2, 0) is 13.0 Å². The predicted molar refractivity (Wildman–Crippen MR) is 90.4 cm³/mol. The van der Waals surface area contributed by atoms with Crippen molar-refractivity contribution in [2.75, 3.05) is 0 Å². The third kappa shape index (κ3) is 3.04. The number of carbonyl (C=O) groups is 1. The van der Waals surface area contributed by atoms with Crippen molar-refractivity contribution in [1.82, 2.24) is 0 Å². The number of aromatic nitrogens is 1. The van der Waals surface area contributed by atoms with Crippen LogP contribution in [0, 0.1) is 6.92 Å². The minimum Gasteiger partial charge on any atom is -1.00 e. The molecule has 0 unspecified atom stereocenters. The number of pyridine rings is 1. The lowest BCUT2D eigenvalue weighted by Gasteiger charge is -2.04. The first-order chi connectivity index (χ1) is 11.2. The average Bonchev–Trinajstić information content (AvgIpc) is 2.94. The molecule has 3 aromatic rings. The molecule has 0 saturated heterocycles. The maximum absolute atomic E-state index is 12.6. The molecule has 1 heterocycles. The summed E-state index contributed by atoms with van der Waals surface area (Å²) < 4.78 is 1.93. The third-order valence-electron chi connectivity index (χ3n) is 4.50. The zero-order chi connectivity index (χ0) is 15.8. The number of hydrogen-bond donors (Lipinski definition) is 0. The van der Waals surface area contributed by atoms with Crippen molar-refractivity contribution >= 4 is 5.78 Å². The van der Waals surface area contributed by atoms with E-state index in [0.29, 0.717) is 6.54 Å². The van der Waals surface area contributed by atoms with Crippen molar-refractivity contribution in [2.45, 2.75) is 19.9 Å². The van der Waals surface area contributed by atoms with E-state index < -0.39 is 0 Å². The second-order valence-corrected chi connectivity index (χ2v) is 6.18. The van der Waals surface area contributed by atoms with Crippen LogP contribution in [0.4, 0.5) is 0 Å².